The second-order valence-corrected chi connectivity index (χ2v) is 6.66. The number of carbonyl (C=O) groups excluding carboxylic acids is 3. The molecule has 1 aliphatic heterocycles. The van der Waals surface area contributed by atoms with Gasteiger partial charge in [-0.3, -0.25) is 14.3 Å². The first-order chi connectivity index (χ1) is 12.7. The monoisotopic (exact) mass is 395 g/mol. The molecule has 4 rings (SSSR count). The number of thiophene rings is 1. The average Bonchev–Trinajstić information content (AvgIpc) is 3.24. The Morgan fingerprint density at radius 3 is 2.30 bits per heavy atom. The number of nitrogens with zero attached hydrogens (tertiary/aromatic N) is 3. The summed E-state index contributed by atoms with van der Waals surface area (Å²) in [5.41, 5.74) is -0.971. The fourth-order valence-electron chi connectivity index (χ4n) is 2.73. The molecule has 7 nitrogen and oxygen atoms in total. The summed E-state index contributed by atoms with van der Waals surface area (Å²) in [6.45, 7) is 0. The van der Waals surface area contributed by atoms with Crippen LogP contribution in [0.2, 0.25) is 0 Å². The van der Waals surface area contributed by atoms with Crippen molar-refractivity contribution in [2.45, 2.75) is 6.18 Å². The molecule has 1 aliphatic rings. The number of amides is 2. The maximum atomic E-state index is 13.0. The normalized spacial score (nSPS) is 14.1. The van der Waals surface area contributed by atoms with Crippen LogP contribution < -0.4 is 0 Å². The van der Waals surface area contributed by atoms with Crippen LogP contribution in [-0.4, -0.2) is 32.6 Å². The summed E-state index contributed by atoms with van der Waals surface area (Å²) < 4.78 is 40.1. The first kappa shape index (κ1) is 17.2. The van der Waals surface area contributed by atoms with Gasteiger partial charge in [-0.2, -0.15) is 18.3 Å². The Bertz CT molecular complexity index is 1100. The molecule has 11 heteroatoms. The number of hydrogen-bond donors (Lipinski definition) is 0. The SMILES string of the molecule is Cn1nc(C(F)(F)F)c2cc(C(=O)ON3C(=O)c4ccccc4C3=O)sc21. The molecule has 27 heavy (non-hydrogen) atoms. The number of halogens is 3. The van der Waals surface area contributed by atoms with Gasteiger partial charge in [-0.1, -0.05) is 17.2 Å². The van der Waals surface area contributed by atoms with Crippen LogP contribution in [0.1, 0.15) is 36.1 Å². The van der Waals surface area contributed by atoms with Crippen LogP contribution in [0.4, 0.5) is 13.2 Å². The number of aromatic nitrogens is 2. The molecule has 0 unspecified atom stereocenters. The van der Waals surface area contributed by atoms with Crippen LogP contribution >= 0.6 is 11.3 Å². The van der Waals surface area contributed by atoms with Crippen LogP contribution in [0.15, 0.2) is 30.3 Å². The highest BCUT2D eigenvalue weighted by atomic mass is 32.1. The molecule has 0 spiro atoms. The van der Waals surface area contributed by atoms with E-state index in [9.17, 15) is 27.6 Å². The van der Waals surface area contributed by atoms with Crippen LogP contribution in [0.3, 0.4) is 0 Å². The fourth-order valence-corrected chi connectivity index (χ4v) is 3.67. The van der Waals surface area contributed by atoms with Gasteiger partial charge in [0.05, 0.1) is 11.1 Å². The largest absolute Gasteiger partial charge is 0.435 e. The number of fused-ring (bicyclic) bond motifs is 2. The maximum absolute atomic E-state index is 13.0. The van der Waals surface area contributed by atoms with Crippen molar-refractivity contribution < 1.29 is 32.4 Å². The van der Waals surface area contributed by atoms with Crippen molar-refractivity contribution in [1.82, 2.24) is 14.8 Å². The van der Waals surface area contributed by atoms with Crippen molar-refractivity contribution in [2.75, 3.05) is 0 Å². The Balaban J connectivity index is 1.65. The van der Waals surface area contributed by atoms with Crippen molar-refractivity contribution in [3.05, 3.63) is 52.0 Å². The summed E-state index contributed by atoms with van der Waals surface area (Å²) in [7, 11) is 1.31. The molecule has 0 radical (unpaired) electrons. The van der Waals surface area contributed by atoms with Crippen LogP contribution in [0, 0.1) is 0 Å². The third kappa shape index (κ3) is 2.58. The molecule has 2 amide bonds. The standard InChI is InChI=1S/C16H8F3N3O4S/c1-21-14-9(11(20-21)16(17,18)19)6-10(27-14)15(25)26-22-12(23)7-4-2-3-5-8(7)13(22)24/h2-6H,1H3. The van der Waals surface area contributed by atoms with Crippen molar-refractivity contribution in [3.63, 3.8) is 0 Å². The van der Waals surface area contributed by atoms with Gasteiger partial charge in [-0.25, -0.2) is 4.79 Å². The Morgan fingerprint density at radius 1 is 1.15 bits per heavy atom. The predicted molar refractivity (Wildman–Crippen MR) is 86.0 cm³/mol. The summed E-state index contributed by atoms with van der Waals surface area (Å²) in [6, 6.07) is 6.89. The Kier molecular flexibility index (Phi) is 3.60. The number of carbonyl (C=O) groups is 3. The smallest absolute Gasteiger partial charge is 0.323 e. The second kappa shape index (κ2) is 5.64. The fraction of sp³-hybridized carbons (Fsp3) is 0.125. The molecule has 0 saturated heterocycles. The van der Waals surface area contributed by atoms with E-state index in [0.29, 0.717) is 16.4 Å². The van der Waals surface area contributed by atoms with E-state index in [0.717, 1.165) is 10.7 Å². The molecule has 0 bridgehead atoms. The first-order valence-electron chi connectivity index (χ1n) is 7.42. The maximum Gasteiger partial charge on any atom is 0.435 e. The number of benzene rings is 1. The number of imide groups is 1. The van der Waals surface area contributed by atoms with Gasteiger partial charge in [0.2, 0.25) is 0 Å². The Hall–Kier alpha value is -3.21. The number of hydrogen-bond acceptors (Lipinski definition) is 6. The number of rotatable bonds is 2. The van der Waals surface area contributed by atoms with Crippen LogP contribution in [0.25, 0.3) is 10.2 Å². The van der Waals surface area contributed by atoms with Crippen molar-refractivity contribution in [3.8, 4) is 0 Å². The minimum Gasteiger partial charge on any atom is -0.323 e. The average molecular weight is 395 g/mol. The van der Waals surface area contributed by atoms with Gasteiger partial charge in [0.25, 0.3) is 11.8 Å². The van der Waals surface area contributed by atoms with Gasteiger partial charge in [0.15, 0.2) is 5.69 Å². The minimum atomic E-state index is -4.69. The van der Waals surface area contributed by atoms with Gasteiger partial charge >= 0.3 is 12.1 Å². The van der Waals surface area contributed by atoms with Crippen molar-refractivity contribution in [2.24, 2.45) is 7.05 Å². The van der Waals surface area contributed by atoms with Gasteiger partial charge in [-0.15, -0.1) is 11.3 Å². The third-order valence-corrected chi connectivity index (χ3v) is 5.09. The van der Waals surface area contributed by atoms with Crippen molar-refractivity contribution >= 4 is 39.3 Å². The van der Waals surface area contributed by atoms with E-state index in [2.05, 4.69) is 5.10 Å². The molecule has 2 aromatic heterocycles. The zero-order chi connectivity index (χ0) is 19.5. The molecule has 0 fully saturated rings. The molecule has 0 aliphatic carbocycles. The number of hydroxylamine groups is 2. The molecule has 138 valence electrons. The van der Waals surface area contributed by atoms with Gasteiger partial charge in [0.1, 0.15) is 9.71 Å². The topological polar surface area (TPSA) is 81.5 Å². The lowest BCUT2D eigenvalue weighted by molar-refractivity contribution is -0.140. The molecule has 1 aromatic carbocycles. The zero-order valence-corrected chi connectivity index (χ0v) is 14.2. The lowest BCUT2D eigenvalue weighted by Crippen LogP contribution is -2.32. The quantitative estimate of drug-likeness (QED) is 0.623. The highest BCUT2D eigenvalue weighted by Gasteiger charge is 2.40. The number of aryl methyl sites for hydroxylation is 1. The third-order valence-electron chi connectivity index (χ3n) is 3.91. The van der Waals surface area contributed by atoms with E-state index < -0.39 is 29.7 Å². The Morgan fingerprint density at radius 2 is 1.74 bits per heavy atom. The van der Waals surface area contributed by atoms with Crippen molar-refractivity contribution in [1.29, 1.82) is 0 Å². The van der Waals surface area contributed by atoms with Gasteiger partial charge < -0.3 is 4.84 Å². The predicted octanol–water partition coefficient (Wildman–Crippen LogP) is 3.02. The Labute approximate surface area is 152 Å². The van der Waals surface area contributed by atoms with E-state index in [4.69, 9.17) is 4.84 Å². The van der Waals surface area contributed by atoms with Gasteiger partial charge in [-0.05, 0) is 18.2 Å². The van der Waals surface area contributed by atoms with Crippen LogP contribution in [-0.2, 0) is 18.1 Å². The molecule has 0 N–H and O–H groups in total. The molecule has 3 heterocycles. The van der Waals surface area contributed by atoms with E-state index in [1.807, 2.05) is 0 Å². The summed E-state index contributed by atoms with van der Waals surface area (Å²) in [4.78, 5) is 41.5. The highest BCUT2D eigenvalue weighted by Crippen LogP contribution is 2.37. The summed E-state index contributed by atoms with van der Waals surface area (Å²) in [5, 5.41) is 3.45. The molecular formula is C16H8F3N3O4S. The van der Waals surface area contributed by atoms with E-state index in [1.165, 1.54) is 19.2 Å². The summed E-state index contributed by atoms with van der Waals surface area (Å²) in [6.07, 6.45) is -4.69. The molecular weight excluding hydrogens is 387 g/mol. The molecule has 0 atom stereocenters. The first-order valence-corrected chi connectivity index (χ1v) is 8.24. The lowest BCUT2D eigenvalue weighted by atomic mass is 10.1. The zero-order valence-electron chi connectivity index (χ0n) is 13.4. The van der Waals surface area contributed by atoms with E-state index in [-0.39, 0.29) is 26.2 Å². The summed E-state index contributed by atoms with van der Waals surface area (Å²) >= 11 is 0.715. The summed E-state index contributed by atoms with van der Waals surface area (Å²) in [5.74, 6) is -2.75. The molecule has 0 saturated carbocycles. The van der Waals surface area contributed by atoms with Gasteiger partial charge in [0, 0.05) is 12.4 Å². The van der Waals surface area contributed by atoms with E-state index >= 15 is 0 Å². The minimum absolute atomic E-state index is 0.0789. The molecule has 3 aromatic rings. The number of alkyl halides is 3. The highest BCUT2D eigenvalue weighted by molar-refractivity contribution is 7.20. The second-order valence-electron chi connectivity index (χ2n) is 5.63. The van der Waals surface area contributed by atoms with E-state index in [1.54, 1.807) is 12.1 Å². The van der Waals surface area contributed by atoms with Crippen LogP contribution in [0.5, 0.6) is 0 Å². The lowest BCUT2D eigenvalue weighted by Gasteiger charge is -2.11.